The van der Waals surface area contributed by atoms with Crippen LogP contribution in [0.25, 0.3) is 0 Å². The SMILES string of the molecule is NC(=O)C12CC3CC(C1)C(NC(=O)N1CCN(c4ccc(N5CCNCC5S(=O)(=O)C(F)(F)F)cn4)c4ccccc41)C(C3)C2. The number of fused-ring (bicyclic) bond motifs is 1. The third kappa shape index (κ3) is 4.98. The van der Waals surface area contributed by atoms with Crippen LogP contribution in [0.4, 0.5) is 40.8 Å². The van der Waals surface area contributed by atoms with Gasteiger partial charge in [0.25, 0.3) is 9.84 Å². The maximum Gasteiger partial charge on any atom is 0.499 e. The van der Waals surface area contributed by atoms with Gasteiger partial charge < -0.3 is 26.2 Å². The maximum atomic E-state index is 13.8. The summed E-state index contributed by atoms with van der Waals surface area (Å²) in [6, 6.07) is 10.5. The Morgan fingerprint density at radius 1 is 1.00 bits per heavy atom. The predicted octanol–water partition coefficient (Wildman–Crippen LogP) is 3.10. The third-order valence-electron chi connectivity index (χ3n) is 10.6. The standard InChI is InChI=1S/C30H36F3N7O4S/c31-30(32,33)45(43,44)25-17-35-7-8-38(25)21-5-6-24(36-16-21)39-9-10-40(23-4-2-1-3-22(23)39)28(42)37-26-19-11-18-12-20(26)15-29(13-18,14-19)27(34)41/h1-6,16,18-20,25-26,35H,7-15,17H2,(H2,34,41)(H,37,42). The average Bonchev–Trinajstić information content (AvgIpc) is 3.01. The van der Waals surface area contributed by atoms with Crippen LogP contribution >= 0.6 is 0 Å². The van der Waals surface area contributed by atoms with Gasteiger partial charge in [-0.25, -0.2) is 18.2 Å². The summed E-state index contributed by atoms with van der Waals surface area (Å²) in [5, 5.41) is 4.26. The van der Waals surface area contributed by atoms with E-state index in [1.165, 1.54) is 11.1 Å². The summed E-state index contributed by atoms with van der Waals surface area (Å²) in [5.41, 5.74) is 1.75. The van der Waals surface area contributed by atoms with Crippen LogP contribution in [0.1, 0.15) is 32.1 Å². The van der Waals surface area contributed by atoms with Crippen molar-refractivity contribution in [2.45, 2.75) is 49.0 Å². The van der Waals surface area contributed by atoms with Gasteiger partial charge in [0, 0.05) is 44.2 Å². The first kappa shape index (κ1) is 30.1. The van der Waals surface area contributed by atoms with E-state index in [2.05, 4.69) is 15.6 Å². The molecule has 11 nitrogen and oxygen atoms in total. The van der Waals surface area contributed by atoms with Gasteiger partial charge in [-0.15, -0.1) is 0 Å². The molecule has 3 atom stereocenters. The highest BCUT2D eigenvalue weighted by Crippen LogP contribution is 2.60. The summed E-state index contributed by atoms with van der Waals surface area (Å²) >= 11 is 0. The summed E-state index contributed by atoms with van der Waals surface area (Å²) in [7, 11) is -5.44. The highest BCUT2D eigenvalue weighted by Gasteiger charge is 2.58. The number of para-hydroxylation sites is 2. The van der Waals surface area contributed by atoms with Gasteiger partial charge in [-0.1, -0.05) is 12.1 Å². The smallest absolute Gasteiger partial charge is 0.369 e. The van der Waals surface area contributed by atoms with Crippen molar-refractivity contribution in [2.24, 2.45) is 28.9 Å². The number of alkyl halides is 3. The summed E-state index contributed by atoms with van der Waals surface area (Å²) < 4.78 is 64.7. The van der Waals surface area contributed by atoms with Crippen molar-refractivity contribution in [2.75, 3.05) is 47.4 Å². The normalized spacial score (nSPS) is 31.1. The molecule has 0 spiro atoms. The number of hydrogen-bond acceptors (Lipinski definition) is 8. The van der Waals surface area contributed by atoms with E-state index < -0.39 is 26.1 Å². The van der Waals surface area contributed by atoms with Crippen LogP contribution in [0, 0.1) is 23.2 Å². The fourth-order valence-electron chi connectivity index (χ4n) is 8.71. The monoisotopic (exact) mass is 647 g/mol. The van der Waals surface area contributed by atoms with Crippen molar-refractivity contribution in [3.63, 3.8) is 0 Å². The van der Waals surface area contributed by atoms with Crippen LogP contribution in [0.3, 0.4) is 0 Å². The molecule has 4 bridgehead atoms. The van der Waals surface area contributed by atoms with E-state index in [0.29, 0.717) is 37.1 Å². The number of pyridine rings is 1. The zero-order valence-corrected chi connectivity index (χ0v) is 25.4. The van der Waals surface area contributed by atoms with Crippen molar-refractivity contribution >= 4 is 44.7 Å². The minimum absolute atomic E-state index is 0.00380. The number of carbonyl (C=O) groups excluding carboxylic acids is 2. The van der Waals surface area contributed by atoms with Crippen LogP contribution < -0.4 is 31.1 Å². The molecule has 1 aromatic heterocycles. The van der Waals surface area contributed by atoms with Crippen molar-refractivity contribution < 1.29 is 31.2 Å². The lowest BCUT2D eigenvalue weighted by Gasteiger charge is -2.59. The number of amides is 3. The number of piperazine rings is 1. The number of nitrogens with one attached hydrogen (secondary N) is 2. The van der Waals surface area contributed by atoms with Crippen LogP contribution in [0.5, 0.6) is 0 Å². The molecule has 1 saturated heterocycles. The Morgan fingerprint density at radius 3 is 2.36 bits per heavy atom. The Labute approximate surface area is 259 Å². The van der Waals surface area contributed by atoms with Crippen LogP contribution in [0.15, 0.2) is 42.6 Å². The van der Waals surface area contributed by atoms with E-state index >= 15 is 0 Å². The molecule has 15 heteroatoms. The molecular formula is C30H36F3N7O4S. The number of urea groups is 1. The Morgan fingerprint density at radius 2 is 1.71 bits per heavy atom. The first-order valence-corrected chi connectivity index (χ1v) is 16.9. The molecule has 1 aromatic carbocycles. The minimum atomic E-state index is -5.44. The zero-order valence-electron chi connectivity index (χ0n) is 24.5. The number of benzene rings is 1. The van der Waals surface area contributed by atoms with E-state index in [9.17, 15) is 31.2 Å². The molecule has 5 fully saturated rings. The zero-order chi connectivity index (χ0) is 31.7. The number of nitrogens with two attached hydrogens (primary N) is 1. The van der Waals surface area contributed by atoms with Gasteiger partial charge in [-0.3, -0.25) is 9.69 Å². The Bertz CT molecular complexity index is 1590. The van der Waals surface area contributed by atoms with Gasteiger partial charge in [0.05, 0.1) is 23.3 Å². The minimum Gasteiger partial charge on any atom is -0.369 e. The van der Waals surface area contributed by atoms with E-state index in [1.807, 2.05) is 29.2 Å². The Balaban J connectivity index is 1.09. The van der Waals surface area contributed by atoms with Gasteiger partial charge in [0.2, 0.25) is 5.91 Å². The molecule has 4 aliphatic carbocycles. The summed E-state index contributed by atoms with van der Waals surface area (Å²) in [6.07, 6.45) is 5.71. The molecule has 3 amide bonds. The molecule has 4 N–H and O–H groups in total. The molecular weight excluding hydrogens is 611 g/mol. The van der Waals surface area contributed by atoms with Crippen molar-refractivity contribution in [1.29, 1.82) is 0 Å². The fourth-order valence-corrected chi connectivity index (χ4v) is 9.91. The number of carbonyl (C=O) groups is 2. The fraction of sp³-hybridized carbons (Fsp3) is 0.567. The van der Waals surface area contributed by atoms with Crippen LogP contribution in [-0.2, 0) is 14.6 Å². The molecule has 0 radical (unpaired) electrons. The molecule has 4 saturated carbocycles. The second-order valence-electron chi connectivity index (χ2n) is 13.1. The van der Waals surface area contributed by atoms with Gasteiger partial charge in [-0.2, -0.15) is 13.2 Å². The number of nitrogens with zero attached hydrogens (tertiary/aromatic N) is 4. The topological polar surface area (TPSA) is 141 Å². The van der Waals surface area contributed by atoms with Crippen molar-refractivity contribution in [1.82, 2.24) is 15.6 Å². The largest absolute Gasteiger partial charge is 0.499 e. The van der Waals surface area contributed by atoms with Gasteiger partial charge in [-0.05, 0) is 74.1 Å². The van der Waals surface area contributed by atoms with Gasteiger partial charge in [0.15, 0.2) is 5.37 Å². The van der Waals surface area contributed by atoms with Crippen LogP contribution in [-0.4, -0.2) is 75.0 Å². The Kier molecular flexibility index (Phi) is 7.19. The summed E-state index contributed by atoms with van der Waals surface area (Å²) in [5.74, 6) is 1.26. The maximum absolute atomic E-state index is 13.8. The van der Waals surface area contributed by atoms with Crippen LogP contribution in [0.2, 0.25) is 0 Å². The molecule has 45 heavy (non-hydrogen) atoms. The van der Waals surface area contributed by atoms with Gasteiger partial charge in [0.1, 0.15) is 5.82 Å². The highest BCUT2D eigenvalue weighted by molar-refractivity contribution is 7.93. The number of halogens is 3. The lowest BCUT2D eigenvalue weighted by Crippen LogP contribution is -2.63. The first-order chi connectivity index (χ1) is 21.4. The Hall–Kier alpha value is -3.59. The molecule has 8 rings (SSSR count). The number of aromatic nitrogens is 1. The molecule has 3 heterocycles. The van der Waals surface area contributed by atoms with Crippen molar-refractivity contribution in [3.8, 4) is 0 Å². The number of rotatable bonds is 5. The molecule has 242 valence electrons. The molecule has 2 aliphatic heterocycles. The van der Waals surface area contributed by atoms with Crippen molar-refractivity contribution in [3.05, 3.63) is 42.6 Å². The molecule has 3 unspecified atom stereocenters. The second-order valence-corrected chi connectivity index (χ2v) is 15.2. The molecule has 6 aliphatic rings. The summed E-state index contributed by atoms with van der Waals surface area (Å²) in [4.78, 5) is 35.5. The number of sulfone groups is 1. The first-order valence-electron chi connectivity index (χ1n) is 15.4. The lowest BCUT2D eigenvalue weighted by atomic mass is 9.47. The van der Waals surface area contributed by atoms with E-state index in [0.717, 1.165) is 37.8 Å². The van der Waals surface area contributed by atoms with E-state index in [-0.39, 0.29) is 48.6 Å². The quantitative estimate of drug-likeness (QED) is 0.450. The van der Waals surface area contributed by atoms with E-state index in [1.54, 1.807) is 17.0 Å². The lowest BCUT2D eigenvalue weighted by molar-refractivity contribution is -0.145. The number of hydrogen-bond donors (Lipinski definition) is 3. The second kappa shape index (κ2) is 10.7. The highest BCUT2D eigenvalue weighted by atomic mass is 32.2. The van der Waals surface area contributed by atoms with E-state index in [4.69, 9.17) is 5.73 Å². The third-order valence-corrected chi connectivity index (χ3v) is 12.3. The average molecular weight is 648 g/mol. The number of primary amides is 1. The number of anilines is 4. The predicted molar refractivity (Wildman–Crippen MR) is 162 cm³/mol. The summed E-state index contributed by atoms with van der Waals surface area (Å²) in [6.45, 7) is 0.837. The van der Waals surface area contributed by atoms with Gasteiger partial charge >= 0.3 is 11.5 Å². The molecule has 2 aromatic rings.